The lowest BCUT2D eigenvalue weighted by atomic mass is 9.88. The molecule has 0 aliphatic carbocycles. The van der Waals surface area contributed by atoms with E-state index < -0.39 is 17.6 Å². The van der Waals surface area contributed by atoms with Gasteiger partial charge >= 0.3 is 12.1 Å². The van der Waals surface area contributed by atoms with Crippen molar-refractivity contribution in [1.82, 2.24) is 15.0 Å². The average molecular weight is 250 g/mol. The van der Waals surface area contributed by atoms with Crippen LogP contribution in [0.5, 0.6) is 0 Å². The van der Waals surface area contributed by atoms with Gasteiger partial charge in [-0.05, 0) is 19.9 Å². The van der Waals surface area contributed by atoms with Crippen molar-refractivity contribution in [2.75, 3.05) is 20.1 Å². The fourth-order valence-electron chi connectivity index (χ4n) is 1.78. The maximum absolute atomic E-state index is 12.3. The molecular formula is C9H13F3N4O. The lowest BCUT2D eigenvalue weighted by molar-refractivity contribution is -0.159. The minimum atomic E-state index is -4.62. The fourth-order valence-corrected chi connectivity index (χ4v) is 1.78. The fraction of sp³-hybridized carbons (Fsp3) is 0.778. The molecule has 1 aliphatic heterocycles. The normalized spacial score (nSPS) is 21.7. The van der Waals surface area contributed by atoms with Crippen molar-refractivity contribution < 1.29 is 17.7 Å². The first-order valence-corrected chi connectivity index (χ1v) is 5.20. The molecule has 0 spiro atoms. The van der Waals surface area contributed by atoms with Crippen molar-refractivity contribution in [2.24, 2.45) is 5.73 Å². The molecule has 0 aromatic carbocycles. The maximum Gasteiger partial charge on any atom is 0.471 e. The maximum atomic E-state index is 12.3. The Kier molecular flexibility index (Phi) is 2.86. The highest BCUT2D eigenvalue weighted by Crippen LogP contribution is 2.32. The van der Waals surface area contributed by atoms with Crippen LogP contribution in [0.1, 0.15) is 24.6 Å². The van der Waals surface area contributed by atoms with E-state index in [0.717, 1.165) is 0 Å². The first-order valence-electron chi connectivity index (χ1n) is 5.20. The summed E-state index contributed by atoms with van der Waals surface area (Å²) in [5, 5.41) is 3.35. The summed E-state index contributed by atoms with van der Waals surface area (Å²) in [6, 6.07) is 0. The van der Waals surface area contributed by atoms with Gasteiger partial charge in [-0.3, -0.25) is 0 Å². The van der Waals surface area contributed by atoms with Crippen LogP contribution in [0.25, 0.3) is 0 Å². The molecular weight excluding hydrogens is 237 g/mol. The summed E-state index contributed by atoms with van der Waals surface area (Å²) in [4.78, 5) is 5.41. The van der Waals surface area contributed by atoms with Crippen molar-refractivity contribution in [3.8, 4) is 0 Å². The van der Waals surface area contributed by atoms with E-state index in [0.29, 0.717) is 25.9 Å². The van der Waals surface area contributed by atoms with Crippen LogP contribution in [-0.4, -0.2) is 35.2 Å². The van der Waals surface area contributed by atoms with Crippen molar-refractivity contribution in [2.45, 2.75) is 24.6 Å². The third kappa shape index (κ3) is 2.42. The first-order chi connectivity index (χ1) is 7.81. The van der Waals surface area contributed by atoms with Gasteiger partial charge in [-0.15, -0.1) is 0 Å². The summed E-state index contributed by atoms with van der Waals surface area (Å²) < 4.78 is 41.1. The quantitative estimate of drug-likeness (QED) is 0.804. The number of hydrogen-bond donors (Lipinski definition) is 1. The van der Waals surface area contributed by atoms with E-state index in [-0.39, 0.29) is 5.82 Å². The summed E-state index contributed by atoms with van der Waals surface area (Å²) in [5.41, 5.74) is 5.10. The van der Waals surface area contributed by atoms with Crippen LogP contribution >= 0.6 is 0 Å². The molecule has 0 unspecified atom stereocenters. The van der Waals surface area contributed by atoms with Crippen molar-refractivity contribution in [1.29, 1.82) is 0 Å². The zero-order valence-electron chi connectivity index (χ0n) is 9.29. The minimum absolute atomic E-state index is 0.0575. The smallest absolute Gasteiger partial charge is 0.329 e. The third-order valence-corrected chi connectivity index (χ3v) is 2.99. The van der Waals surface area contributed by atoms with Gasteiger partial charge in [0.2, 0.25) is 0 Å². The Hall–Kier alpha value is -1.15. The number of hydrogen-bond acceptors (Lipinski definition) is 5. The number of rotatable bonds is 1. The Morgan fingerprint density at radius 1 is 1.35 bits per heavy atom. The van der Waals surface area contributed by atoms with Gasteiger partial charge in [0, 0.05) is 13.1 Å². The standard InChI is InChI=1S/C9H13F3N4O/c1-16-4-2-8(13,3-5-16)6-14-7(17-15-6)9(10,11)12/h2-5,13H2,1H3. The van der Waals surface area contributed by atoms with Gasteiger partial charge < -0.3 is 15.2 Å². The molecule has 2 N–H and O–H groups in total. The molecule has 0 radical (unpaired) electrons. The molecule has 17 heavy (non-hydrogen) atoms. The van der Waals surface area contributed by atoms with E-state index >= 15 is 0 Å². The average Bonchev–Trinajstić information content (AvgIpc) is 2.72. The molecule has 0 bridgehead atoms. The number of nitrogens with zero attached hydrogens (tertiary/aromatic N) is 3. The Balaban J connectivity index is 2.20. The number of alkyl halides is 3. The van der Waals surface area contributed by atoms with E-state index in [4.69, 9.17) is 5.73 Å². The SMILES string of the molecule is CN1CCC(N)(c2noc(C(F)(F)F)n2)CC1. The number of aromatic nitrogens is 2. The van der Waals surface area contributed by atoms with Crippen LogP contribution in [0.4, 0.5) is 13.2 Å². The van der Waals surface area contributed by atoms with E-state index in [2.05, 4.69) is 19.6 Å². The predicted molar refractivity (Wildman–Crippen MR) is 51.9 cm³/mol. The monoisotopic (exact) mass is 250 g/mol. The molecule has 5 nitrogen and oxygen atoms in total. The molecule has 0 saturated carbocycles. The highest BCUT2D eigenvalue weighted by atomic mass is 19.4. The van der Waals surface area contributed by atoms with Gasteiger partial charge in [0.15, 0.2) is 5.82 Å². The molecule has 1 aromatic rings. The topological polar surface area (TPSA) is 68.2 Å². The van der Waals surface area contributed by atoms with Crippen molar-refractivity contribution in [3.05, 3.63) is 11.7 Å². The van der Waals surface area contributed by atoms with E-state index in [1.165, 1.54) is 0 Å². The van der Waals surface area contributed by atoms with Crippen LogP contribution < -0.4 is 5.73 Å². The molecule has 1 aliphatic rings. The Bertz CT molecular complexity index is 395. The van der Waals surface area contributed by atoms with Gasteiger partial charge in [0.1, 0.15) is 0 Å². The van der Waals surface area contributed by atoms with E-state index in [9.17, 15) is 13.2 Å². The van der Waals surface area contributed by atoms with Crippen LogP contribution in [-0.2, 0) is 11.7 Å². The second-order valence-electron chi connectivity index (χ2n) is 4.38. The van der Waals surface area contributed by atoms with Crippen LogP contribution in [0.2, 0.25) is 0 Å². The van der Waals surface area contributed by atoms with Crippen LogP contribution in [0, 0.1) is 0 Å². The minimum Gasteiger partial charge on any atom is -0.329 e. The second kappa shape index (κ2) is 3.95. The summed E-state index contributed by atoms with van der Waals surface area (Å²) in [6.07, 6.45) is -3.59. The Morgan fingerprint density at radius 2 is 1.94 bits per heavy atom. The zero-order chi connectivity index (χ0) is 12.7. The summed E-state index contributed by atoms with van der Waals surface area (Å²) >= 11 is 0. The van der Waals surface area contributed by atoms with Gasteiger partial charge in [-0.1, -0.05) is 5.16 Å². The number of likely N-dealkylation sites (tertiary alicyclic amines) is 1. The molecule has 2 rings (SSSR count). The third-order valence-electron chi connectivity index (χ3n) is 2.99. The summed E-state index contributed by atoms with van der Waals surface area (Å²) in [5.74, 6) is -1.39. The number of piperidine rings is 1. The lowest BCUT2D eigenvalue weighted by Crippen LogP contribution is -2.47. The molecule has 96 valence electrons. The van der Waals surface area contributed by atoms with E-state index in [1.54, 1.807) is 0 Å². The largest absolute Gasteiger partial charge is 0.471 e. The number of halogens is 3. The van der Waals surface area contributed by atoms with Crippen LogP contribution in [0.15, 0.2) is 4.52 Å². The molecule has 1 aromatic heterocycles. The number of nitrogens with two attached hydrogens (primary N) is 1. The predicted octanol–water partition coefficient (Wildman–Crippen LogP) is 0.968. The molecule has 1 saturated heterocycles. The van der Waals surface area contributed by atoms with Crippen molar-refractivity contribution >= 4 is 0 Å². The highest BCUT2D eigenvalue weighted by Gasteiger charge is 2.42. The summed E-state index contributed by atoms with van der Waals surface area (Å²) in [7, 11) is 1.93. The molecule has 0 atom stereocenters. The van der Waals surface area contributed by atoms with Gasteiger partial charge in [0.05, 0.1) is 5.54 Å². The highest BCUT2D eigenvalue weighted by molar-refractivity contribution is 5.07. The molecule has 0 amide bonds. The van der Waals surface area contributed by atoms with E-state index in [1.807, 2.05) is 7.05 Å². The zero-order valence-corrected chi connectivity index (χ0v) is 9.29. The molecule has 2 heterocycles. The lowest BCUT2D eigenvalue weighted by Gasteiger charge is -2.35. The Morgan fingerprint density at radius 3 is 2.41 bits per heavy atom. The van der Waals surface area contributed by atoms with Gasteiger partial charge in [0.25, 0.3) is 0 Å². The first kappa shape index (κ1) is 12.3. The second-order valence-corrected chi connectivity index (χ2v) is 4.38. The van der Waals surface area contributed by atoms with Crippen molar-refractivity contribution in [3.63, 3.8) is 0 Å². The van der Waals surface area contributed by atoms with Crippen LogP contribution in [0.3, 0.4) is 0 Å². The Labute approximate surface area is 95.8 Å². The molecule has 8 heteroatoms. The van der Waals surface area contributed by atoms with Gasteiger partial charge in [-0.25, -0.2) is 0 Å². The summed E-state index contributed by atoms with van der Waals surface area (Å²) in [6.45, 7) is 1.40. The molecule has 1 fully saturated rings. The van der Waals surface area contributed by atoms with Gasteiger partial charge in [-0.2, -0.15) is 18.2 Å².